The quantitative estimate of drug-likeness (QED) is 0.394. The molecule has 0 aliphatic heterocycles. The topological polar surface area (TPSA) is 57.5 Å². The number of hydrogen-bond acceptors (Lipinski definition) is 4. The lowest BCUT2D eigenvalue weighted by Gasteiger charge is -2.14. The third kappa shape index (κ3) is 4.25. The summed E-state index contributed by atoms with van der Waals surface area (Å²) in [5.74, 6) is 0.472. The summed E-state index contributed by atoms with van der Waals surface area (Å²) in [6.07, 6.45) is 1.57. The number of aromatic nitrogens is 1. The molecule has 32 heavy (non-hydrogen) atoms. The van der Waals surface area contributed by atoms with E-state index in [0.29, 0.717) is 41.1 Å². The van der Waals surface area contributed by atoms with Gasteiger partial charge >= 0.3 is 0 Å². The highest BCUT2D eigenvalue weighted by Crippen LogP contribution is 2.22. The molecule has 4 aromatic rings. The molecule has 4 rings (SSSR count). The van der Waals surface area contributed by atoms with Crippen LogP contribution in [0.15, 0.2) is 77.7 Å². The normalized spacial score (nSPS) is 10.8. The smallest absolute Gasteiger partial charge is 0.200 e. The van der Waals surface area contributed by atoms with E-state index in [9.17, 15) is 14.0 Å². The molecule has 0 spiro atoms. The Morgan fingerprint density at radius 1 is 0.969 bits per heavy atom. The molecule has 1 aromatic heterocycles. The van der Waals surface area contributed by atoms with Crippen molar-refractivity contribution in [3.8, 4) is 11.5 Å². The Balaban J connectivity index is 1.84. The molecule has 0 aliphatic rings. The average Bonchev–Trinajstić information content (AvgIpc) is 2.82. The van der Waals surface area contributed by atoms with Crippen LogP contribution >= 0.6 is 0 Å². The predicted molar refractivity (Wildman–Crippen MR) is 121 cm³/mol. The summed E-state index contributed by atoms with van der Waals surface area (Å²) in [5, 5.41) is 0.378. The van der Waals surface area contributed by atoms with Crippen LogP contribution < -0.4 is 14.9 Å². The maximum absolute atomic E-state index is 13.3. The maximum Gasteiger partial charge on any atom is 0.200 e. The lowest BCUT2D eigenvalue weighted by atomic mass is 10.0. The lowest BCUT2D eigenvalue weighted by molar-refractivity contribution is 0.103. The van der Waals surface area contributed by atoms with Crippen molar-refractivity contribution in [2.75, 3.05) is 13.7 Å². The van der Waals surface area contributed by atoms with Crippen LogP contribution in [0.5, 0.6) is 11.5 Å². The fourth-order valence-electron chi connectivity index (χ4n) is 3.61. The average molecular weight is 431 g/mol. The Morgan fingerprint density at radius 2 is 1.66 bits per heavy atom. The zero-order chi connectivity index (χ0) is 22.7. The summed E-state index contributed by atoms with van der Waals surface area (Å²) in [6, 6.07) is 18.0. The fraction of sp³-hybridized carbons (Fsp3) is 0.154. The number of pyridine rings is 1. The van der Waals surface area contributed by atoms with Gasteiger partial charge in [-0.1, -0.05) is 12.1 Å². The van der Waals surface area contributed by atoms with Crippen LogP contribution in [0.1, 0.15) is 28.4 Å². The van der Waals surface area contributed by atoms with Gasteiger partial charge in [-0.05, 0) is 67.1 Å². The first-order valence-corrected chi connectivity index (χ1v) is 10.2. The molecule has 0 bridgehead atoms. The van der Waals surface area contributed by atoms with Gasteiger partial charge in [-0.2, -0.15) is 0 Å². The molecule has 0 unspecified atom stereocenters. The van der Waals surface area contributed by atoms with Crippen LogP contribution in [0.3, 0.4) is 0 Å². The van der Waals surface area contributed by atoms with Crippen LogP contribution in [-0.2, 0) is 6.54 Å². The molecule has 0 amide bonds. The van der Waals surface area contributed by atoms with Crippen LogP contribution in [0.4, 0.5) is 4.39 Å². The third-order valence-electron chi connectivity index (χ3n) is 5.23. The molecule has 0 fully saturated rings. The zero-order valence-electron chi connectivity index (χ0n) is 17.8. The molecule has 162 valence electrons. The number of ether oxygens (including phenoxy) is 2. The SMILES string of the molecule is CCOc1ccc(C(=O)c2cn(Cc3ccc(F)cc3)c3ccc(OC)cc3c2=O)cc1. The van der Waals surface area contributed by atoms with E-state index in [-0.39, 0.29) is 22.6 Å². The van der Waals surface area contributed by atoms with Gasteiger partial charge < -0.3 is 14.0 Å². The second-order valence-electron chi connectivity index (χ2n) is 7.30. The molecule has 6 heteroatoms. The second-order valence-corrected chi connectivity index (χ2v) is 7.30. The standard InChI is InChI=1S/C26H22FNO4/c1-3-32-20-10-6-18(7-11-20)25(29)23-16-28(15-17-4-8-19(27)9-5-17)24-13-12-21(31-2)14-22(24)26(23)30/h4-14,16H,3,15H2,1-2H3. The van der Waals surface area contributed by atoms with Gasteiger partial charge in [-0.3, -0.25) is 9.59 Å². The number of nitrogens with zero attached hydrogens (tertiary/aromatic N) is 1. The van der Waals surface area contributed by atoms with E-state index < -0.39 is 0 Å². The highest BCUT2D eigenvalue weighted by Gasteiger charge is 2.18. The van der Waals surface area contributed by atoms with Crippen LogP contribution in [-0.4, -0.2) is 24.1 Å². The first-order chi connectivity index (χ1) is 15.5. The minimum Gasteiger partial charge on any atom is -0.497 e. The van der Waals surface area contributed by atoms with Gasteiger partial charge in [-0.25, -0.2) is 4.39 Å². The largest absolute Gasteiger partial charge is 0.497 e. The van der Waals surface area contributed by atoms with Crippen molar-refractivity contribution < 1.29 is 18.7 Å². The molecule has 0 saturated heterocycles. The van der Waals surface area contributed by atoms with Crippen LogP contribution in [0, 0.1) is 5.82 Å². The van der Waals surface area contributed by atoms with Crippen molar-refractivity contribution in [2.45, 2.75) is 13.5 Å². The number of fused-ring (bicyclic) bond motifs is 1. The molecule has 0 saturated carbocycles. The zero-order valence-corrected chi connectivity index (χ0v) is 17.8. The van der Waals surface area contributed by atoms with Crippen LogP contribution in [0.2, 0.25) is 0 Å². The van der Waals surface area contributed by atoms with Crippen molar-refractivity contribution >= 4 is 16.7 Å². The molecule has 5 nitrogen and oxygen atoms in total. The fourth-order valence-corrected chi connectivity index (χ4v) is 3.61. The van der Waals surface area contributed by atoms with Crippen molar-refractivity contribution in [1.29, 1.82) is 0 Å². The van der Waals surface area contributed by atoms with E-state index in [0.717, 1.165) is 5.56 Å². The summed E-state index contributed by atoms with van der Waals surface area (Å²) in [6.45, 7) is 2.77. The third-order valence-corrected chi connectivity index (χ3v) is 5.23. The van der Waals surface area contributed by atoms with Gasteiger partial charge in [0, 0.05) is 18.3 Å². The Morgan fingerprint density at radius 3 is 2.31 bits per heavy atom. The number of methoxy groups -OCH3 is 1. The number of benzene rings is 3. The molecule has 1 heterocycles. The molecule has 0 aliphatic carbocycles. The molecule has 3 aromatic carbocycles. The molecular formula is C26H22FNO4. The predicted octanol–water partition coefficient (Wildman–Crippen LogP) is 4.83. The highest BCUT2D eigenvalue weighted by atomic mass is 19.1. The van der Waals surface area contributed by atoms with E-state index in [1.54, 1.807) is 60.8 Å². The van der Waals surface area contributed by atoms with E-state index >= 15 is 0 Å². The minimum absolute atomic E-state index is 0.0528. The van der Waals surface area contributed by atoms with Crippen molar-refractivity contribution in [2.24, 2.45) is 0 Å². The van der Waals surface area contributed by atoms with E-state index in [4.69, 9.17) is 9.47 Å². The van der Waals surface area contributed by atoms with Gasteiger partial charge in [0.2, 0.25) is 5.43 Å². The van der Waals surface area contributed by atoms with Crippen molar-refractivity contribution in [3.63, 3.8) is 0 Å². The first-order valence-electron chi connectivity index (χ1n) is 10.2. The molecular weight excluding hydrogens is 409 g/mol. The number of halogens is 1. The Hall–Kier alpha value is -3.93. The Kier molecular flexibility index (Phi) is 6.03. The molecule has 0 radical (unpaired) electrons. The van der Waals surface area contributed by atoms with E-state index in [1.807, 2.05) is 11.5 Å². The van der Waals surface area contributed by atoms with Gasteiger partial charge in [0.1, 0.15) is 17.3 Å². The number of hydrogen-bond donors (Lipinski definition) is 0. The Bertz CT molecular complexity index is 1330. The maximum atomic E-state index is 13.3. The number of ketones is 1. The number of carbonyl (C=O) groups is 1. The summed E-state index contributed by atoms with van der Waals surface area (Å²) in [5.41, 5.74) is 1.57. The minimum atomic E-state index is -0.379. The van der Waals surface area contributed by atoms with Gasteiger partial charge in [0.05, 0.1) is 30.2 Å². The molecule has 0 N–H and O–H groups in total. The van der Waals surface area contributed by atoms with Gasteiger partial charge in [-0.15, -0.1) is 0 Å². The first kappa shape index (κ1) is 21.3. The summed E-state index contributed by atoms with van der Waals surface area (Å²) in [7, 11) is 1.52. The molecule has 0 atom stereocenters. The second kappa shape index (κ2) is 9.06. The van der Waals surface area contributed by atoms with Crippen molar-refractivity contribution in [3.05, 3.63) is 106 Å². The van der Waals surface area contributed by atoms with E-state index in [2.05, 4.69) is 0 Å². The number of carbonyl (C=O) groups excluding carboxylic acids is 1. The van der Waals surface area contributed by atoms with Crippen LogP contribution in [0.25, 0.3) is 10.9 Å². The summed E-state index contributed by atoms with van der Waals surface area (Å²) in [4.78, 5) is 26.5. The van der Waals surface area contributed by atoms with Gasteiger partial charge in [0.25, 0.3) is 0 Å². The summed E-state index contributed by atoms with van der Waals surface area (Å²) >= 11 is 0. The monoisotopic (exact) mass is 431 g/mol. The summed E-state index contributed by atoms with van der Waals surface area (Å²) < 4.78 is 25.9. The van der Waals surface area contributed by atoms with Gasteiger partial charge in [0.15, 0.2) is 5.78 Å². The highest BCUT2D eigenvalue weighted by molar-refractivity contribution is 6.10. The number of rotatable bonds is 7. The van der Waals surface area contributed by atoms with Crippen molar-refractivity contribution in [1.82, 2.24) is 4.57 Å². The van der Waals surface area contributed by atoms with E-state index in [1.165, 1.54) is 19.2 Å². The Labute approximate surface area is 184 Å². The lowest BCUT2D eigenvalue weighted by Crippen LogP contribution is -2.20.